The van der Waals surface area contributed by atoms with Crippen LogP contribution in [-0.4, -0.2) is 30.2 Å². The lowest BCUT2D eigenvalue weighted by atomic mass is 10.1. The molecule has 0 fully saturated rings. The van der Waals surface area contributed by atoms with E-state index < -0.39 is 6.10 Å². The summed E-state index contributed by atoms with van der Waals surface area (Å²) in [6, 6.07) is 13.0. The molecule has 5 nitrogen and oxygen atoms in total. The predicted octanol–water partition coefficient (Wildman–Crippen LogP) is 2.87. The molecule has 0 aliphatic rings. The molecule has 0 heterocycles. The van der Waals surface area contributed by atoms with Gasteiger partial charge in [-0.3, -0.25) is 4.79 Å². The number of anilines is 1. The van der Waals surface area contributed by atoms with E-state index in [0.717, 1.165) is 5.75 Å². The first-order valence-electron chi connectivity index (χ1n) is 8.15. The molecule has 0 radical (unpaired) electrons. The van der Waals surface area contributed by atoms with Crippen molar-refractivity contribution in [2.24, 2.45) is 0 Å². The molecule has 2 rings (SSSR count). The maximum Gasteiger partial charge on any atom is 0.239 e. The molecule has 1 amide bonds. The minimum Gasteiger partial charge on any atom is -0.491 e. The third-order valence-electron chi connectivity index (χ3n) is 3.41. The Bertz CT molecular complexity index is 689. The molecule has 0 saturated heterocycles. The molecule has 1 atom stereocenters. The van der Waals surface area contributed by atoms with Crippen molar-refractivity contribution in [3.05, 3.63) is 59.9 Å². The van der Waals surface area contributed by atoms with Crippen LogP contribution in [0.5, 0.6) is 5.75 Å². The predicted molar refractivity (Wildman–Crippen MR) is 95.1 cm³/mol. The van der Waals surface area contributed by atoms with Crippen molar-refractivity contribution in [3.63, 3.8) is 0 Å². The van der Waals surface area contributed by atoms with Gasteiger partial charge < -0.3 is 20.5 Å². The Hall–Kier alpha value is -2.60. The topological polar surface area (TPSA) is 70.6 Å². The highest BCUT2D eigenvalue weighted by molar-refractivity contribution is 5.80. The molecular weight excluding hydrogens is 323 g/mol. The number of ether oxygens (including phenoxy) is 1. The Balaban J connectivity index is 1.76. The fourth-order valence-corrected chi connectivity index (χ4v) is 2.21. The fourth-order valence-electron chi connectivity index (χ4n) is 2.21. The molecule has 0 aliphatic heterocycles. The molecule has 0 aliphatic carbocycles. The summed E-state index contributed by atoms with van der Waals surface area (Å²) in [7, 11) is 0. The minimum absolute atomic E-state index is 0.00264. The number of amides is 1. The van der Waals surface area contributed by atoms with E-state index in [-0.39, 0.29) is 30.9 Å². The van der Waals surface area contributed by atoms with Crippen LogP contribution < -0.4 is 15.4 Å². The molecule has 2 aromatic carbocycles. The number of hydrogen-bond acceptors (Lipinski definition) is 4. The second-order valence-electron chi connectivity index (χ2n) is 5.92. The van der Waals surface area contributed by atoms with Crippen molar-refractivity contribution < 1.29 is 19.0 Å². The summed E-state index contributed by atoms with van der Waals surface area (Å²) in [5.74, 6) is 0.0723. The van der Waals surface area contributed by atoms with Gasteiger partial charge in [-0.15, -0.1) is 0 Å². The van der Waals surface area contributed by atoms with Gasteiger partial charge in [-0.1, -0.05) is 18.2 Å². The number of rotatable bonds is 8. The lowest BCUT2D eigenvalue weighted by molar-refractivity contribution is -0.119. The van der Waals surface area contributed by atoms with E-state index in [2.05, 4.69) is 10.6 Å². The highest BCUT2D eigenvalue weighted by Gasteiger charge is 2.10. The van der Waals surface area contributed by atoms with Crippen LogP contribution in [0.2, 0.25) is 0 Å². The van der Waals surface area contributed by atoms with E-state index in [1.165, 1.54) is 12.1 Å². The molecule has 0 unspecified atom stereocenters. The SMILES string of the molecule is CC(C)Oc1ccc([C@@H](O)CNC(=O)CNc2cccc(F)c2)cc1. The van der Waals surface area contributed by atoms with Crippen LogP contribution >= 0.6 is 0 Å². The zero-order chi connectivity index (χ0) is 18.2. The standard InChI is InChI=1S/C19H23FN2O3/c1-13(2)25-17-8-6-14(7-9-17)18(23)11-22-19(24)12-21-16-5-3-4-15(20)10-16/h3-10,13,18,21,23H,11-12H2,1-2H3,(H,22,24)/t18-/m0/s1. The number of aliphatic hydroxyl groups excluding tert-OH is 1. The highest BCUT2D eigenvalue weighted by Crippen LogP contribution is 2.18. The van der Waals surface area contributed by atoms with Crippen LogP contribution in [0, 0.1) is 5.82 Å². The van der Waals surface area contributed by atoms with Gasteiger partial charge in [0.25, 0.3) is 0 Å². The monoisotopic (exact) mass is 346 g/mol. The second-order valence-corrected chi connectivity index (χ2v) is 5.92. The molecule has 0 spiro atoms. The lowest BCUT2D eigenvalue weighted by Crippen LogP contribution is -2.33. The van der Waals surface area contributed by atoms with Crippen molar-refractivity contribution in [1.29, 1.82) is 0 Å². The average molecular weight is 346 g/mol. The Morgan fingerprint density at radius 3 is 2.56 bits per heavy atom. The van der Waals surface area contributed by atoms with Crippen LogP contribution in [0.1, 0.15) is 25.5 Å². The lowest BCUT2D eigenvalue weighted by Gasteiger charge is -2.14. The largest absolute Gasteiger partial charge is 0.491 e. The normalized spacial score (nSPS) is 11.9. The summed E-state index contributed by atoms with van der Waals surface area (Å²) in [6.45, 7) is 3.97. The van der Waals surface area contributed by atoms with Gasteiger partial charge in [0.15, 0.2) is 0 Å². The van der Waals surface area contributed by atoms with Crippen molar-refractivity contribution in [2.75, 3.05) is 18.4 Å². The molecule has 3 N–H and O–H groups in total. The van der Waals surface area contributed by atoms with Gasteiger partial charge in [0.1, 0.15) is 11.6 Å². The zero-order valence-electron chi connectivity index (χ0n) is 14.3. The number of carbonyl (C=O) groups is 1. The Morgan fingerprint density at radius 1 is 1.20 bits per heavy atom. The van der Waals surface area contributed by atoms with Crippen molar-refractivity contribution in [1.82, 2.24) is 5.32 Å². The van der Waals surface area contributed by atoms with Crippen LogP contribution in [0.15, 0.2) is 48.5 Å². The molecule has 0 aromatic heterocycles. The number of aliphatic hydroxyl groups is 1. The smallest absolute Gasteiger partial charge is 0.239 e. The van der Waals surface area contributed by atoms with Crippen LogP contribution in [0.4, 0.5) is 10.1 Å². The number of benzene rings is 2. The van der Waals surface area contributed by atoms with Crippen molar-refractivity contribution in [2.45, 2.75) is 26.1 Å². The molecule has 0 saturated carbocycles. The Kier molecular flexibility index (Phi) is 6.77. The zero-order valence-corrected chi connectivity index (χ0v) is 14.3. The summed E-state index contributed by atoms with van der Waals surface area (Å²) in [4.78, 5) is 11.8. The molecule has 6 heteroatoms. The summed E-state index contributed by atoms with van der Waals surface area (Å²) in [5.41, 5.74) is 1.21. The number of carbonyl (C=O) groups excluding carboxylic acids is 1. The summed E-state index contributed by atoms with van der Waals surface area (Å²) >= 11 is 0. The number of nitrogens with one attached hydrogen (secondary N) is 2. The van der Waals surface area contributed by atoms with Crippen LogP contribution in [0.3, 0.4) is 0 Å². The summed E-state index contributed by atoms with van der Waals surface area (Å²) < 4.78 is 18.6. The van der Waals surface area contributed by atoms with E-state index in [9.17, 15) is 14.3 Å². The van der Waals surface area contributed by atoms with Gasteiger partial charge in [0, 0.05) is 12.2 Å². The molecule has 134 valence electrons. The van der Waals surface area contributed by atoms with Gasteiger partial charge in [-0.05, 0) is 49.7 Å². The molecule has 0 bridgehead atoms. The first-order valence-corrected chi connectivity index (χ1v) is 8.15. The highest BCUT2D eigenvalue weighted by atomic mass is 19.1. The molecular formula is C19H23FN2O3. The first-order chi connectivity index (χ1) is 11.9. The summed E-state index contributed by atoms with van der Waals surface area (Å²) in [5, 5.41) is 15.6. The van der Waals surface area contributed by atoms with Crippen LogP contribution in [-0.2, 0) is 4.79 Å². The van der Waals surface area contributed by atoms with Gasteiger partial charge in [0.2, 0.25) is 5.91 Å². The minimum atomic E-state index is -0.814. The quantitative estimate of drug-likeness (QED) is 0.687. The van der Waals surface area contributed by atoms with E-state index in [1.54, 1.807) is 36.4 Å². The van der Waals surface area contributed by atoms with Gasteiger partial charge >= 0.3 is 0 Å². The van der Waals surface area contributed by atoms with Gasteiger partial charge in [-0.2, -0.15) is 0 Å². The maximum atomic E-state index is 13.0. The molecule has 25 heavy (non-hydrogen) atoms. The fraction of sp³-hybridized carbons (Fsp3) is 0.316. The third-order valence-corrected chi connectivity index (χ3v) is 3.41. The van der Waals surface area contributed by atoms with Crippen LogP contribution in [0.25, 0.3) is 0 Å². The van der Waals surface area contributed by atoms with Crippen molar-refractivity contribution >= 4 is 11.6 Å². The maximum absolute atomic E-state index is 13.0. The van der Waals surface area contributed by atoms with Crippen molar-refractivity contribution in [3.8, 4) is 5.75 Å². The van der Waals surface area contributed by atoms with E-state index in [0.29, 0.717) is 11.3 Å². The van der Waals surface area contributed by atoms with Gasteiger partial charge in [0.05, 0.1) is 18.8 Å². The number of halogens is 1. The number of hydrogen-bond donors (Lipinski definition) is 3. The van der Waals surface area contributed by atoms with E-state index >= 15 is 0 Å². The average Bonchev–Trinajstić information content (AvgIpc) is 2.58. The molecule has 2 aromatic rings. The van der Waals surface area contributed by atoms with E-state index in [4.69, 9.17) is 4.74 Å². The third kappa shape index (κ3) is 6.43. The second kappa shape index (κ2) is 9.03. The Morgan fingerprint density at radius 2 is 1.92 bits per heavy atom. The van der Waals surface area contributed by atoms with E-state index in [1.807, 2.05) is 13.8 Å². The summed E-state index contributed by atoms with van der Waals surface area (Å²) in [6.07, 6.45) is -0.730. The first kappa shape index (κ1) is 18.7. The Labute approximate surface area is 146 Å². The van der Waals surface area contributed by atoms with Gasteiger partial charge in [-0.25, -0.2) is 4.39 Å².